The van der Waals surface area contributed by atoms with Crippen molar-refractivity contribution in [3.63, 3.8) is 0 Å². The van der Waals surface area contributed by atoms with Gasteiger partial charge in [0.15, 0.2) is 0 Å². The average molecular weight is 303 g/mol. The molecule has 0 aliphatic rings. The molecular formula is C17H21NO4. The summed E-state index contributed by atoms with van der Waals surface area (Å²) in [6, 6.07) is 8.36. The quantitative estimate of drug-likeness (QED) is 0.891. The van der Waals surface area contributed by atoms with Crippen molar-refractivity contribution < 1.29 is 19.1 Å². The Labute approximate surface area is 129 Å². The normalized spacial score (nSPS) is 13.5. The van der Waals surface area contributed by atoms with Crippen LogP contribution in [0.5, 0.6) is 5.75 Å². The lowest BCUT2D eigenvalue weighted by molar-refractivity contribution is 0.0850. The monoisotopic (exact) mass is 303 g/mol. The van der Waals surface area contributed by atoms with Gasteiger partial charge in [0.25, 0.3) is 5.91 Å². The lowest BCUT2D eigenvalue weighted by atomic mass is 10.0. The summed E-state index contributed by atoms with van der Waals surface area (Å²) < 4.78 is 10.4. The molecule has 2 atom stereocenters. The van der Waals surface area contributed by atoms with Gasteiger partial charge in [-0.15, -0.1) is 0 Å². The predicted octanol–water partition coefficient (Wildman–Crippen LogP) is 2.76. The van der Waals surface area contributed by atoms with Gasteiger partial charge in [0, 0.05) is 0 Å². The highest BCUT2D eigenvalue weighted by Gasteiger charge is 2.21. The minimum Gasteiger partial charge on any atom is -0.497 e. The zero-order chi connectivity index (χ0) is 16.3. The van der Waals surface area contributed by atoms with E-state index in [0.29, 0.717) is 22.6 Å². The van der Waals surface area contributed by atoms with Crippen molar-refractivity contribution in [1.29, 1.82) is 0 Å². The molecule has 1 aromatic carbocycles. The number of benzene rings is 1. The highest BCUT2D eigenvalue weighted by molar-refractivity contribution is 5.95. The molecule has 22 heavy (non-hydrogen) atoms. The van der Waals surface area contributed by atoms with Crippen LogP contribution in [0.15, 0.2) is 34.7 Å². The molecule has 0 aliphatic carbocycles. The van der Waals surface area contributed by atoms with Gasteiger partial charge in [-0.05, 0) is 44.5 Å². The molecule has 2 unspecified atom stereocenters. The molecule has 1 heterocycles. The average Bonchev–Trinajstić information content (AvgIpc) is 2.85. The lowest BCUT2D eigenvalue weighted by Gasteiger charge is -2.20. The fourth-order valence-corrected chi connectivity index (χ4v) is 2.31. The van der Waals surface area contributed by atoms with E-state index in [-0.39, 0.29) is 5.91 Å². The smallest absolute Gasteiger partial charge is 0.255 e. The van der Waals surface area contributed by atoms with Crippen molar-refractivity contribution in [1.82, 2.24) is 5.32 Å². The van der Waals surface area contributed by atoms with Crippen LogP contribution in [-0.4, -0.2) is 24.2 Å². The Bertz CT molecular complexity index is 645. The number of aryl methyl sites for hydroxylation is 2. The molecule has 5 heteroatoms. The van der Waals surface area contributed by atoms with E-state index in [2.05, 4.69) is 5.32 Å². The van der Waals surface area contributed by atoms with E-state index in [1.165, 1.54) is 0 Å². The Kier molecular flexibility index (Phi) is 4.88. The first-order valence-electron chi connectivity index (χ1n) is 7.12. The fraction of sp³-hybridized carbons (Fsp3) is 0.353. The van der Waals surface area contributed by atoms with Crippen LogP contribution in [0.3, 0.4) is 0 Å². The lowest BCUT2D eigenvalue weighted by Crippen LogP contribution is -2.37. The number of aliphatic hydroxyl groups excluding tert-OH is 1. The van der Waals surface area contributed by atoms with Crippen LogP contribution in [0.25, 0.3) is 0 Å². The molecule has 0 radical (unpaired) electrons. The van der Waals surface area contributed by atoms with Crippen molar-refractivity contribution >= 4 is 5.91 Å². The number of furan rings is 1. The molecule has 118 valence electrons. The largest absolute Gasteiger partial charge is 0.497 e. The minimum atomic E-state index is -0.803. The van der Waals surface area contributed by atoms with Crippen LogP contribution in [0, 0.1) is 13.8 Å². The number of nitrogens with one attached hydrogen (secondary N) is 1. The number of ether oxygens (including phenoxy) is 1. The van der Waals surface area contributed by atoms with E-state index < -0.39 is 12.1 Å². The van der Waals surface area contributed by atoms with Gasteiger partial charge in [-0.25, -0.2) is 0 Å². The SMILES string of the molecule is COc1ccc(C(O)C(C)NC(=O)c2cc(C)oc2C)cc1. The molecule has 0 fully saturated rings. The molecule has 0 spiro atoms. The van der Waals surface area contributed by atoms with Gasteiger partial charge in [0.05, 0.1) is 24.8 Å². The third-order valence-corrected chi connectivity index (χ3v) is 3.58. The van der Waals surface area contributed by atoms with E-state index in [1.807, 2.05) is 0 Å². The van der Waals surface area contributed by atoms with Crippen LogP contribution in [0.1, 0.15) is 40.5 Å². The molecule has 0 saturated carbocycles. The maximum Gasteiger partial charge on any atom is 0.255 e. The Hall–Kier alpha value is -2.27. The van der Waals surface area contributed by atoms with Crippen molar-refractivity contribution in [2.75, 3.05) is 7.11 Å². The van der Waals surface area contributed by atoms with Gasteiger partial charge in [-0.3, -0.25) is 4.79 Å². The van der Waals surface area contributed by atoms with Gasteiger partial charge in [0.1, 0.15) is 17.3 Å². The molecule has 0 bridgehead atoms. The Balaban J connectivity index is 2.05. The number of carbonyl (C=O) groups is 1. The first-order valence-corrected chi connectivity index (χ1v) is 7.12. The maximum absolute atomic E-state index is 12.2. The highest BCUT2D eigenvalue weighted by Crippen LogP contribution is 2.21. The predicted molar refractivity (Wildman–Crippen MR) is 83.1 cm³/mol. The second-order valence-electron chi connectivity index (χ2n) is 5.31. The van der Waals surface area contributed by atoms with Crippen molar-refractivity contribution in [3.8, 4) is 5.75 Å². The number of aliphatic hydroxyl groups is 1. The molecule has 2 N–H and O–H groups in total. The van der Waals surface area contributed by atoms with E-state index >= 15 is 0 Å². The Morgan fingerprint density at radius 3 is 2.41 bits per heavy atom. The fourth-order valence-electron chi connectivity index (χ4n) is 2.31. The van der Waals surface area contributed by atoms with E-state index in [1.54, 1.807) is 58.2 Å². The van der Waals surface area contributed by atoms with Crippen LogP contribution in [0.2, 0.25) is 0 Å². The Morgan fingerprint density at radius 2 is 1.91 bits per heavy atom. The zero-order valence-corrected chi connectivity index (χ0v) is 13.2. The maximum atomic E-state index is 12.2. The number of hydrogen-bond donors (Lipinski definition) is 2. The van der Waals surface area contributed by atoms with Crippen molar-refractivity contribution in [2.45, 2.75) is 32.9 Å². The number of amides is 1. The molecule has 1 amide bonds. The summed E-state index contributed by atoms with van der Waals surface area (Å²) >= 11 is 0. The van der Waals surface area contributed by atoms with Crippen molar-refractivity contribution in [2.24, 2.45) is 0 Å². The van der Waals surface area contributed by atoms with Crippen molar-refractivity contribution in [3.05, 3.63) is 53.0 Å². The molecule has 5 nitrogen and oxygen atoms in total. The third-order valence-electron chi connectivity index (χ3n) is 3.58. The van der Waals surface area contributed by atoms with Crippen LogP contribution < -0.4 is 10.1 Å². The molecule has 0 aliphatic heterocycles. The molecule has 2 aromatic rings. The van der Waals surface area contributed by atoms with E-state index in [9.17, 15) is 9.90 Å². The number of hydrogen-bond acceptors (Lipinski definition) is 4. The third kappa shape index (κ3) is 3.49. The molecule has 2 rings (SSSR count). The Morgan fingerprint density at radius 1 is 1.27 bits per heavy atom. The minimum absolute atomic E-state index is 0.255. The topological polar surface area (TPSA) is 71.7 Å². The van der Waals surface area contributed by atoms with Crippen LogP contribution in [-0.2, 0) is 0 Å². The van der Waals surface area contributed by atoms with E-state index in [4.69, 9.17) is 9.15 Å². The van der Waals surface area contributed by atoms with Gasteiger partial charge in [-0.2, -0.15) is 0 Å². The summed E-state index contributed by atoms with van der Waals surface area (Å²) in [5.41, 5.74) is 1.21. The first-order chi connectivity index (χ1) is 10.4. The number of methoxy groups -OCH3 is 1. The second-order valence-corrected chi connectivity index (χ2v) is 5.31. The molecular weight excluding hydrogens is 282 g/mol. The summed E-state index contributed by atoms with van der Waals surface area (Å²) in [6.07, 6.45) is -0.803. The zero-order valence-electron chi connectivity index (χ0n) is 13.2. The van der Waals surface area contributed by atoms with E-state index in [0.717, 1.165) is 5.75 Å². The second kappa shape index (κ2) is 6.66. The first kappa shape index (κ1) is 16.1. The van der Waals surface area contributed by atoms with Gasteiger partial charge < -0.3 is 19.6 Å². The van der Waals surface area contributed by atoms with Crippen LogP contribution in [0.4, 0.5) is 0 Å². The molecule has 1 aromatic heterocycles. The van der Waals surface area contributed by atoms with Crippen LogP contribution >= 0.6 is 0 Å². The van der Waals surface area contributed by atoms with Gasteiger partial charge in [0.2, 0.25) is 0 Å². The molecule has 0 saturated heterocycles. The summed E-state index contributed by atoms with van der Waals surface area (Å²) in [4.78, 5) is 12.2. The summed E-state index contributed by atoms with van der Waals surface area (Å²) in [6.45, 7) is 5.29. The van der Waals surface area contributed by atoms with Gasteiger partial charge >= 0.3 is 0 Å². The summed E-state index contributed by atoms with van der Waals surface area (Å²) in [5, 5.41) is 13.1. The standard InChI is InChI=1S/C17H21NO4/c1-10-9-15(12(3)22-10)17(20)18-11(2)16(19)13-5-7-14(21-4)8-6-13/h5-9,11,16,19H,1-4H3,(H,18,20). The summed E-state index contributed by atoms with van der Waals surface area (Å²) in [5.74, 6) is 1.72. The number of carbonyl (C=O) groups excluding carboxylic acids is 1. The summed E-state index contributed by atoms with van der Waals surface area (Å²) in [7, 11) is 1.59. The highest BCUT2D eigenvalue weighted by atomic mass is 16.5. The number of rotatable bonds is 5. The van der Waals surface area contributed by atoms with Gasteiger partial charge in [-0.1, -0.05) is 12.1 Å².